The highest BCUT2D eigenvalue weighted by Crippen LogP contribution is 2.32. The molecule has 2 aromatic carbocycles. The quantitative estimate of drug-likeness (QED) is 0.815. The van der Waals surface area contributed by atoms with Gasteiger partial charge in [-0.25, -0.2) is 13.1 Å². The fraction of sp³-hybridized carbons (Fsp3) is 0.364. The molecule has 0 aliphatic carbocycles. The Morgan fingerprint density at radius 2 is 1.69 bits per heavy atom. The number of amides is 2. The predicted molar refractivity (Wildman–Crippen MR) is 111 cm³/mol. The summed E-state index contributed by atoms with van der Waals surface area (Å²) >= 11 is 0. The molecule has 0 spiro atoms. The molecular formula is C22H26N2O4S. The van der Waals surface area contributed by atoms with Gasteiger partial charge in [-0.2, -0.15) is 0 Å². The molecule has 2 amide bonds. The topological polar surface area (TPSA) is 83.6 Å². The van der Waals surface area contributed by atoms with Gasteiger partial charge in [0.1, 0.15) is 5.54 Å². The second-order valence-corrected chi connectivity index (χ2v) is 9.59. The van der Waals surface area contributed by atoms with E-state index in [1.165, 1.54) is 11.0 Å². The van der Waals surface area contributed by atoms with Gasteiger partial charge in [0.25, 0.3) is 15.9 Å². The Morgan fingerprint density at radius 3 is 2.24 bits per heavy atom. The van der Waals surface area contributed by atoms with E-state index < -0.39 is 21.5 Å². The van der Waals surface area contributed by atoms with Gasteiger partial charge in [-0.1, -0.05) is 47.5 Å². The van der Waals surface area contributed by atoms with Gasteiger partial charge in [-0.15, -0.1) is 0 Å². The maximum atomic E-state index is 12.8. The van der Waals surface area contributed by atoms with Crippen molar-refractivity contribution in [2.45, 2.75) is 51.0 Å². The Hall–Kier alpha value is -2.67. The van der Waals surface area contributed by atoms with Gasteiger partial charge in [-0.05, 0) is 51.3 Å². The van der Waals surface area contributed by atoms with Gasteiger partial charge < -0.3 is 4.90 Å². The van der Waals surface area contributed by atoms with Gasteiger partial charge in [0.2, 0.25) is 5.91 Å². The van der Waals surface area contributed by atoms with Crippen LogP contribution in [0, 0.1) is 20.8 Å². The molecule has 0 saturated carbocycles. The van der Waals surface area contributed by atoms with Crippen LogP contribution in [0.1, 0.15) is 35.6 Å². The van der Waals surface area contributed by atoms with Crippen LogP contribution in [0.25, 0.3) is 0 Å². The zero-order valence-corrected chi connectivity index (χ0v) is 18.0. The minimum atomic E-state index is -4.01. The van der Waals surface area contributed by atoms with Crippen LogP contribution in [0.4, 0.5) is 0 Å². The van der Waals surface area contributed by atoms with Crippen LogP contribution in [0.3, 0.4) is 0 Å². The van der Waals surface area contributed by atoms with Crippen molar-refractivity contribution in [2.24, 2.45) is 0 Å². The lowest BCUT2D eigenvalue weighted by Gasteiger charge is -2.49. The molecule has 7 heteroatoms. The first-order valence-electron chi connectivity index (χ1n) is 9.53. The minimum Gasteiger partial charge on any atom is -0.328 e. The summed E-state index contributed by atoms with van der Waals surface area (Å²) in [7, 11) is -4.01. The first-order valence-corrected chi connectivity index (χ1v) is 11.0. The van der Waals surface area contributed by atoms with E-state index in [0.29, 0.717) is 18.5 Å². The van der Waals surface area contributed by atoms with E-state index in [1.54, 1.807) is 32.0 Å². The number of rotatable bonds is 5. The number of carbonyl (C=O) groups is 2. The normalized spacial score (nSPS) is 18.8. The fourth-order valence-corrected chi connectivity index (χ4v) is 5.10. The second kappa shape index (κ2) is 7.63. The van der Waals surface area contributed by atoms with Gasteiger partial charge >= 0.3 is 0 Å². The van der Waals surface area contributed by atoms with Crippen LogP contribution in [0.15, 0.2) is 47.4 Å². The van der Waals surface area contributed by atoms with E-state index in [2.05, 4.69) is 4.72 Å². The predicted octanol–water partition coefficient (Wildman–Crippen LogP) is 2.65. The largest absolute Gasteiger partial charge is 0.328 e. The first kappa shape index (κ1) is 21.0. The summed E-state index contributed by atoms with van der Waals surface area (Å²) in [5.74, 6) is -0.868. The highest BCUT2D eigenvalue weighted by molar-refractivity contribution is 7.90. The molecule has 1 fully saturated rings. The molecule has 1 aliphatic rings. The van der Waals surface area contributed by atoms with Crippen LogP contribution in [0.5, 0.6) is 0 Å². The molecule has 0 aromatic heterocycles. The van der Waals surface area contributed by atoms with Gasteiger partial charge in [0.05, 0.1) is 11.3 Å². The van der Waals surface area contributed by atoms with E-state index >= 15 is 0 Å². The number of nitrogens with zero attached hydrogens (tertiary/aromatic N) is 1. The van der Waals surface area contributed by atoms with E-state index in [1.807, 2.05) is 32.0 Å². The van der Waals surface area contributed by atoms with Crippen molar-refractivity contribution in [2.75, 3.05) is 6.54 Å². The van der Waals surface area contributed by atoms with Crippen molar-refractivity contribution in [3.8, 4) is 0 Å². The number of likely N-dealkylation sites (tertiary alicyclic amines) is 1. The summed E-state index contributed by atoms with van der Waals surface area (Å²) in [5.41, 5.74) is 2.40. The van der Waals surface area contributed by atoms with Crippen LogP contribution >= 0.6 is 0 Å². The standard InChI is InChI=1S/C22H26N2O4S/c1-15-11-16(2)13-18(12-15)14-20(25)24-10-9-22(24,4)21(26)23-29(27,28)19-8-6-5-7-17(19)3/h5-8,11-13H,9-10,14H2,1-4H3,(H,23,26). The molecule has 29 heavy (non-hydrogen) atoms. The Morgan fingerprint density at radius 1 is 1.07 bits per heavy atom. The lowest BCUT2D eigenvalue weighted by Crippen LogP contribution is -2.68. The number of benzene rings is 2. The number of nitrogens with one attached hydrogen (secondary N) is 1. The van der Waals surface area contributed by atoms with Crippen LogP contribution in [-0.4, -0.2) is 37.2 Å². The van der Waals surface area contributed by atoms with Crippen molar-refractivity contribution < 1.29 is 18.0 Å². The van der Waals surface area contributed by atoms with Gasteiger partial charge in [0, 0.05) is 6.54 Å². The molecular weight excluding hydrogens is 388 g/mol. The van der Waals surface area contributed by atoms with E-state index in [9.17, 15) is 18.0 Å². The second-order valence-electron chi connectivity index (χ2n) is 7.94. The zero-order chi connectivity index (χ0) is 21.4. The molecule has 154 valence electrons. The van der Waals surface area contributed by atoms with Crippen molar-refractivity contribution in [1.82, 2.24) is 9.62 Å². The Labute approximate surface area is 172 Å². The van der Waals surface area contributed by atoms with E-state index in [4.69, 9.17) is 0 Å². The number of hydrogen-bond donors (Lipinski definition) is 1. The summed E-state index contributed by atoms with van der Waals surface area (Å²) in [6, 6.07) is 12.4. The molecule has 1 saturated heterocycles. The molecule has 0 bridgehead atoms. The van der Waals surface area contributed by atoms with Crippen molar-refractivity contribution in [1.29, 1.82) is 0 Å². The van der Waals surface area contributed by atoms with E-state index in [-0.39, 0.29) is 17.2 Å². The zero-order valence-electron chi connectivity index (χ0n) is 17.2. The monoisotopic (exact) mass is 414 g/mol. The summed E-state index contributed by atoms with van der Waals surface area (Å²) in [5, 5.41) is 0. The summed E-state index contributed by atoms with van der Waals surface area (Å²) in [6.45, 7) is 7.65. The molecule has 3 rings (SSSR count). The van der Waals surface area contributed by atoms with Gasteiger partial charge in [0.15, 0.2) is 0 Å². The van der Waals surface area contributed by atoms with Crippen molar-refractivity contribution in [3.63, 3.8) is 0 Å². The molecule has 1 atom stereocenters. The van der Waals surface area contributed by atoms with Crippen LogP contribution < -0.4 is 4.72 Å². The van der Waals surface area contributed by atoms with Crippen LogP contribution in [0.2, 0.25) is 0 Å². The van der Waals surface area contributed by atoms with Gasteiger partial charge in [-0.3, -0.25) is 9.59 Å². The molecule has 6 nitrogen and oxygen atoms in total. The average molecular weight is 415 g/mol. The molecule has 0 radical (unpaired) electrons. The molecule has 1 unspecified atom stereocenters. The van der Waals surface area contributed by atoms with Crippen molar-refractivity contribution >= 4 is 21.8 Å². The smallest absolute Gasteiger partial charge is 0.264 e. The maximum absolute atomic E-state index is 12.8. The lowest BCUT2D eigenvalue weighted by molar-refractivity contribution is -0.156. The Bertz CT molecular complexity index is 1060. The third-order valence-corrected chi connectivity index (χ3v) is 6.95. The molecule has 1 aliphatic heterocycles. The summed E-state index contributed by atoms with van der Waals surface area (Å²) in [6.07, 6.45) is 0.594. The highest BCUT2D eigenvalue weighted by atomic mass is 32.2. The number of sulfonamides is 1. The lowest BCUT2D eigenvalue weighted by atomic mass is 9.85. The highest BCUT2D eigenvalue weighted by Gasteiger charge is 2.50. The molecule has 1 heterocycles. The number of carbonyl (C=O) groups excluding carboxylic acids is 2. The number of hydrogen-bond acceptors (Lipinski definition) is 4. The maximum Gasteiger partial charge on any atom is 0.264 e. The fourth-order valence-electron chi connectivity index (χ4n) is 3.78. The third kappa shape index (κ3) is 4.19. The van der Waals surface area contributed by atoms with Crippen molar-refractivity contribution in [3.05, 3.63) is 64.7 Å². The Balaban J connectivity index is 1.75. The average Bonchev–Trinajstić information content (AvgIpc) is 2.58. The minimum absolute atomic E-state index is 0.0596. The van der Waals surface area contributed by atoms with Crippen LogP contribution in [-0.2, 0) is 26.0 Å². The SMILES string of the molecule is Cc1cc(C)cc(CC(=O)N2CCC2(C)C(=O)NS(=O)(=O)c2ccccc2C)c1. The Kier molecular flexibility index (Phi) is 5.54. The number of aryl methyl sites for hydroxylation is 3. The molecule has 1 N–H and O–H groups in total. The third-order valence-electron chi connectivity index (χ3n) is 5.46. The summed E-state index contributed by atoms with van der Waals surface area (Å²) < 4.78 is 27.5. The van der Waals surface area contributed by atoms with E-state index in [0.717, 1.165) is 16.7 Å². The first-order chi connectivity index (χ1) is 13.5. The molecule has 2 aromatic rings. The summed E-state index contributed by atoms with van der Waals surface area (Å²) in [4.78, 5) is 27.2.